The average Bonchev–Trinajstić information content (AvgIpc) is 2.20. The van der Waals surface area contributed by atoms with Crippen LogP contribution in [0, 0.1) is 10.8 Å². The summed E-state index contributed by atoms with van der Waals surface area (Å²) in [4.78, 5) is 23.4. The van der Waals surface area contributed by atoms with Crippen LogP contribution in [-0.4, -0.2) is 35.9 Å². The van der Waals surface area contributed by atoms with E-state index in [2.05, 4.69) is 0 Å². The Bertz CT molecular complexity index is 240. The summed E-state index contributed by atoms with van der Waals surface area (Å²) in [6.07, 6.45) is 10.5. The molecule has 0 saturated heterocycles. The number of hydrogen-bond donors (Lipinski definition) is 3. The molecule has 0 aliphatic heterocycles. The quantitative estimate of drug-likeness (QED) is 0.273. The Balaban J connectivity index is -0.0000000752. The molecular formula is C8H16F2LiN2O4P. The topological polar surface area (TPSA) is 119 Å². The fourth-order valence-corrected chi connectivity index (χ4v) is 1.06. The Kier molecular flexibility index (Phi) is 31.4. The molecule has 1 rings (SSSR count). The van der Waals surface area contributed by atoms with Gasteiger partial charge >= 0.3 is 26.9 Å². The molecule has 1 fully saturated rings. The Morgan fingerprint density at radius 1 is 0.889 bits per heavy atom. The first-order valence-electron chi connectivity index (χ1n) is 4.63. The minimum absolute atomic E-state index is 0. The zero-order valence-corrected chi connectivity index (χ0v) is 10.0. The summed E-state index contributed by atoms with van der Waals surface area (Å²) < 4.78 is 28.7. The molecule has 102 valence electrons. The van der Waals surface area contributed by atoms with E-state index in [1.807, 2.05) is 0 Å². The van der Waals surface area contributed by atoms with Crippen LogP contribution >= 0.6 is 7.99 Å². The molecule has 0 spiro atoms. The van der Waals surface area contributed by atoms with Crippen LogP contribution in [0.15, 0.2) is 0 Å². The van der Waals surface area contributed by atoms with E-state index < -0.39 is 7.99 Å². The molecule has 6 nitrogen and oxygen atoms in total. The van der Waals surface area contributed by atoms with E-state index in [1.54, 1.807) is 0 Å². The number of carbonyl (C=O) groups excluding carboxylic acids is 2. The van der Waals surface area contributed by atoms with E-state index in [1.165, 1.54) is 38.5 Å². The fraction of sp³-hybridized carbons (Fsp3) is 0.750. The molecule has 18 heavy (non-hydrogen) atoms. The minimum atomic E-state index is -5.64. The first kappa shape index (κ1) is 26.1. The molecule has 0 aromatic carbocycles. The van der Waals surface area contributed by atoms with Crippen LogP contribution in [-0.2, 0) is 14.2 Å². The van der Waals surface area contributed by atoms with Crippen molar-refractivity contribution in [2.75, 3.05) is 0 Å². The first-order valence-corrected chi connectivity index (χ1v) is 6.07. The van der Waals surface area contributed by atoms with Crippen molar-refractivity contribution in [3.8, 4) is 0 Å². The summed E-state index contributed by atoms with van der Waals surface area (Å²) >= 11 is 0. The van der Waals surface area contributed by atoms with Gasteiger partial charge in [0.1, 0.15) is 0 Å². The van der Waals surface area contributed by atoms with Gasteiger partial charge in [0, 0.05) is 0 Å². The Hall–Kier alpha value is -0.593. The van der Waals surface area contributed by atoms with Crippen LogP contribution in [0.3, 0.4) is 0 Å². The van der Waals surface area contributed by atoms with E-state index >= 15 is 0 Å². The van der Waals surface area contributed by atoms with Gasteiger partial charge in [-0.25, -0.2) is 25.0 Å². The van der Waals surface area contributed by atoms with E-state index in [9.17, 15) is 8.39 Å². The van der Waals surface area contributed by atoms with Crippen LogP contribution in [0.25, 0.3) is 0 Å². The summed E-state index contributed by atoms with van der Waals surface area (Å²) in [7, 11) is -5.64. The van der Waals surface area contributed by atoms with E-state index in [4.69, 9.17) is 29.9 Å². The van der Waals surface area contributed by atoms with Crippen LogP contribution in [0.2, 0.25) is 0 Å². The normalized spacial score (nSPS) is 12.2. The standard InChI is InChI=1S/C6H12.2CHNO.F2HO2P.Li.H/c1-2-4-6-5-3-1;2*2-1-3;1-5(2,3)4;;/h1-6H2;2*2H;(H,3,4);;. The summed E-state index contributed by atoms with van der Waals surface area (Å²) in [5.41, 5.74) is 0. The Morgan fingerprint density at radius 2 is 0.944 bits per heavy atom. The van der Waals surface area contributed by atoms with Gasteiger partial charge < -0.3 is 0 Å². The number of isocyanates is 2. The first-order chi connectivity index (χ1) is 7.83. The second kappa shape index (κ2) is 21.7. The summed E-state index contributed by atoms with van der Waals surface area (Å²) in [6, 6.07) is 0. The van der Waals surface area contributed by atoms with Crippen LogP contribution in [0.1, 0.15) is 38.5 Å². The van der Waals surface area contributed by atoms with Crippen molar-refractivity contribution in [3.05, 3.63) is 0 Å². The van der Waals surface area contributed by atoms with Crippen LogP contribution in [0.5, 0.6) is 0 Å². The molecule has 0 aromatic heterocycles. The van der Waals surface area contributed by atoms with E-state index in [0.717, 1.165) is 12.2 Å². The molecule has 0 amide bonds. The molecule has 0 atom stereocenters. The number of nitrogens with one attached hydrogen (secondary N) is 2. The molecule has 1 aliphatic carbocycles. The van der Waals surface area contributed by atoms with Crippen molar-refractivity contribution < 1.29 is 27.4 Å². The average molecular weight is 280 g/mol. The van der Waals surface area contributed by atoms with Gasteiger partial charge in [-0.2, -0.15) is 0 Å². The number of hydrogen-bond acceptors (Lipinski definition) is 5. The molecule has 3 N–H and O–H groups in total. The maximum atomic E-state index is 10.1. The molecule has 0 radical (unpaired) electrons. The van der Waals surface area contributed by atoms with E-state index in [0.29, 0.717) is 0 Å². The number of rotatable bonds is 0. The Morgan fingerprint density at radius 3 is 1.00 bits per heavy atom. The summed E-state index contributed by atoms with van der Waals surface area (Å²) in [5, 5.41) is 10.8. The zero-order chi connectivity index (χ0) is 14.2. The summed E-state index contributed by atoms with van der Waals surface area (Å²) in [5.74, 6) is 0. The van der Waals surface area contributed by atoms with Gasteiger partial charge in [-0.1, -0.05) is 38.5 Å². The molecule has 0 bridgehead atoms. The number of halogens is 2. The molecule has 0 unspecified atom stereocenters. The molecule has 10 heteroatoms. The third-order valence-electron chi connectivity index (χ3n) is 1.50. The van der Waals surface area contributed by atoms with Crippen molar-refractivity contribution in [1.82, 2.24) is 0 Å². The van der Waals surface area contributed by atoms with Crippen molar-refractivity contribution in [2.24, 2.45) is 0 Å². The van der Waals surface area contributed by atoms with Gasteiger partial charge in [0.05, 0.1) is 0 Å². The monoisotopic (exact) mass is 280 g/mol. The second-order valence-electron chi connectivity index (χ2n) is 2.76. The third-order valence-corrected chi connectivity index (χ3v) is 1.50. The summed E-state index contributed by atoms with van der Waals surface area (Å²) in [6.45, 7) is 0. The van der Waals surface area contributed by atoms with Crippen molar-refractivity contribution in [3.63, 3.8) is 0 Å². The molecule has 0 aromatic rings. The predicted octanol–water partition coefficient (Wildman–Crippen LogP) is 2.52. The van der Waals surface area contributed by atoms with Gasteiger partial charge in [-0.15, -0.1) is 8.39 Å². The van der Waals surface area contributed by atoms with Crippen molar-refractivity contribution in [1.29, 1.82) is 10.8 Å². The molecule has 1 aliphatic rings. The van der Waals surface area contributed by atoms with Crippen molar-refractivity contribution in [2.45, 2.75) is 38.5 Å². The predicted molar refractivity (Wildman–Crippen MR) is 63.7 cm³/mol. The third kappa shape index (κ3) is 109. The second-order valence-corrected chi connectivity index (χ2v) is 3.63. The van der Waals surface area contributed by atoms with Gasteiger partial charge in [0.25, 0.3) is 0 Å². The van der Waals surface area contributed by atoms with Crippen LogP contribution < -0.4 is 0 Å². The van der Waals surface area contributed by atoms with Gasteiger partial charge in [-0.3, -0.25) is 4.89 Å². The molecular weight excluding hydrogens is 264 g/mol. The van der Waals surface area contributed by atoms with Gasteiger partial charge in [-0.05, 0) is 0 Å². The van der Waals surface area contributed by atoms with Gasteiger partial charge in [0.15, 0.2) is 0 Å². The zero-order valence-electron chi connectivity index (χ0n) is 9.12. The Labute approximate surface area is 116 Å². The van der Waals surface area contributed by atoms with E-state index in [-0.39, 0.29) is 18.9 Å². The van der Waals surface area contributed by atoms with Crippen molar-refractivity contribution >= 4 is 39.0 Å². The fourth-order valence-electron chi connectivity index (χ4n) is 1.06. The van der Waals surface area contributed by atoms with Crippen LogP contribution in [0.4, 0.5) is 8.39 Å². The molecule has 1 saturated carbocycles. The van der Waals surface area contributed by atoms with Gasteiger partial charge in [0.2, 0.25) is 12.2 Å². The maximum absolute atomic E-state index is 10.1. The molecule has 0 heterocycles. The SMILES string of the molecule is C1CCCCC1.N=C=O.N=C=O.O=P(O)(F)F.[LiH].